The van der Waals surface area contributed by atoms with E-state index in [1.807, 2.05) is 19.1 Å². The summed E-state index contributed by atoms with van der Waals surface area (Å²) in [6, 6.07) is 10.6. The highest BCUT2D eigenvalue weighted by molar-refractivity contribution is 5.55. The predicted molar refractivity (Wildman–Crippen MR) is 73.9 cm³/mol. The maximum absolute atomic E-state index is 5.59. The molecule has 0 fully saturated rings. The molecule has 1 aliphatic rings. The van der Waals surface area contributed by atoms with Gasteiger partial charge in [-0.2, -0.15) is 0 Å². The summed E-state index contributed by atoms with van der Waals surface area (Å²) < 4.78 is 5.59. The van der Waals surface area contributed by atoms with Crippen molar-refractivity contribution in [1.82, 2.24) is 0 Å². The van der Waals surface area contributed by atoms with Gasteiger partial charge in [0.1, 0.15) is 11.5 Å². The molecule has 0 unspecified atom stereocenters. The lowest BCUT2D eigenvalue weighted by molar-refractivity contribution is 0.490. The third-order valence-electron chi connectivity index (χ3n) is 3.65. The maximum Gasteiger partial charge on any atom is 0.123 e. The van der Waals surface area contributed by atoms with Crippen LogP contribution in [-0.4, -0.2) is 0 Å². The molecular weight excluding hydrogens is 222 g/mol. The molecule has 18 heavy (non-hydrogen) atoms. The van der Waals surface area contributed by atoms with E-state index in [2.05, 4.69) is 23.5 Å². The van der Waals surface area contributed by atoms with Gasteiger partial charge in [-0.1, -0.05) is 12.1 Å². The van der Waals surface area contributed by atoms with Crippen molar-refractivity contribution in [2.75, 3.05) is 5.32 Å². The number of aryl methyl sites for hydroxylation is 2. The molecule has 1 aromatic heterocycles. The zero-order valence-electron chi connectivity index (χ0n) is 10.8. The summed E-state index contributed by atoms with van der Waals surface area (Å²) in [4.78, 5) is 0. The third kappa shape index (κ3) is 2.28. The molecule has 0 bridgehead atoms. The smallest absolute Gasteiger partial charge is 0.123 e. The Morgan fingerprint density at radius 1 is 1.11 bits per heavy atom. The maximum atomic E-state index is 5.59. The zero-order chi connectivity index (χ0) is 12.4. The Labute approximate surface area is 108 Å². The average molecular weight is 241 g/mol. The van der Waals surface area contributed by atoms with Gasteiger partial charge in [-0.3, -0.25) is 0 Å². The minimum Gasteiger partial charge on any atom is -0.465 e. The number of hydrogen-bond acceptors (Lipinski definition) is 2. The standard InChI is InChI=1S/C16H19NO/c1-12-9-10-14(18-12)11-17-16-8-4-6-13-5-2-3-7-15(13)16/h4,6,8-10,17H,2-3,5,7,11H2,1H3. The van der Waals surface area contributed by atoms with Crippen LogP contribution < -0.4 is 5.32 Å². The lowest BCUT2D eigenvalue weighted by atomic mass is 9.90. The van der Waals surface area contributed by atoms with E-state index in [1.165, 1.54) is 42.5 Å². The largest absolute Gasteiger partial charge is 0.465 e. The second-order valence-corrected chi connectivity index (χ2v) is 5.02. The van der Waals surface area contributed by atoms with Crippen LogP contribution in [0.4, 0.5) is 5.69 Å². The quantitative estimate of drug-likeness (QED) is 0.876. The van der Waals surface area contributed by atoms with Gasteiger partial charge in [-0.05, 0) is 61.9 Å². The van der Waals surface area contributed by atoms with Crippen molar-refractivity contribution < 1.29 is 4.42 Å². The molecule has 3 rings (SSSR count). The van der Waals surface area contributed by atoms with E-state index in [-0.39, 0.29) is 0 Å². The van der Waals surface area contributed by atoms with E-state index < -0.39 is 0 Å². The first-order chi connectivity index (χ1) is 8.83. The summed E-state index contributed by atoms with van der Waals surface area (Å²) >= 11 is 0. The lowest BCUT2D eigenvalue weighted by Crippen LogP contribution is -2.08. The fourth-order valence-electron chi connectivity index (χ4n) is 2.71. The molecule has 0 spiro atoms. The first-order valence-electron chi connectivity index (χ1n) is 6.73. The molecule has 0 atom stereocenters. The van der Waals surface area contributed by atoms with Crippen molar-refractivity contribution in [3.8, 4) is 0 Å². The molecule has 1 aliphatic carbocycles. The van der Waals surface area contributed by atoms with Crippen molar-refractivity contribution >= 4 is 5.69 Å². The molecule has 0 aliphatic heterocycles. The van der Waals surface area contributed by atoms with Gasteiger partial charge in [0.25, 0.3) is 0 Å². The highest BCUT2D eigenvalue weighted by Gasteiger charge is 2.12. The second kappa shape index (κ2) is 4.89. The number of hydrogen-bond donors (Lipinski definition) is 1. The molecule has 2 aromatic rings. The van der Waals surface area contributed by atoms with Crippen molar-refractivity contribution in [1.29, 1.82) is 0 Å². The molecule has 94 valence electrons. The van der Waals surface area contributed by atoms with Crippen LogP contribution in [0.3, 0.4) is 0 Å². The number of nitrogens with one attached hydrogen (secondary N) is 1. The Balaban J connectivity index is 1.76. The average Bonchev–Trinajstić information content (AvgIpc) is 2.82. The highest BCUT2D eigenvalue weighted by Crippen LogP contribution is 2.28. The summed E-state index contributed by atoms with van der Waals surface area (Å²) in [5, 5.41) is 3.51. The molecule has 0 radical (unpaired) electrons. The Hall–Kier alpha value is -1.70. The van der Waals surface area contributed by atoms with Gasteiger partial charge in [0, 0.05) is 5.69 Å². The topological polar surface area (TPSA) is 25.2 Å². The third-order valence-corrected chi connectivity index (χ3v) is 3.65. The van der Waals surface area contributed by atoms with E-state index in [0.29, 0.717) is 0 Å². The van der Waals surface area contributed by atoms with Crippen LogP contribution in [0.2, 0.25) is 0 Å². The molecule has 0 saturated heterocycles. The first-order valence-corrected chi connectivity index (χ1v) is 6.73. The van der Waals surface area contributed by atoms with Crippen molar-refractivity contribution in [3.05, 3.63) is 53.0 Å². The first kappa shape index (κ1) is 11.4. The Morgan fingerprint density at radius 2 is 2.00 bits per heavy atom. The number of benzene rings is 1. The van der Waals surface area contributed by atoms with Crippen LogP contribution in [0.5, 0.6) is 0 Å². The Kier molecular flexibility index (Phi) is 3.09. The molecule has 0 saturated carbocycles. The fourth-order valence-corrected chi connectivity index (χ4v) is 2.71. The number of fused-ring (bicyclic) bond motifs is 1. The van der Waals surface area contributed by atoms with E-state index in [4.69, 9.17) is 4.42 Å². The summed E-state index contributed by atoms with van der Waals surface area (Å²) in [5.41, 5.74) is 4.30. The van der Waals surface area contributed by atoms with Gasteiger partial charge in [-0.15, -0.1) is 0 Å². The molecule has 1 heterocycles. The van der Waals surface area contributed by atoms with Crippen LogP contribution in [0, 0.1) is 6.92 Å². The Bertz CT molecular complexity index is 542. The van der Waals surface area contributed by atoms with Gasteiger partial charge >= 0.3 is 0 Å². The van der Waals surface area contributed by atoms with E-state index in [0.717, 1.165) is 18.1 Å². The van der Waals surface area contributed by atoms with Gasteiger partial charge in [0.15, 0.2) is 0 Å². The van der Waals surface area contributed by atoms with E-state index >= 15 is 0 Å². The van der Waals surface area contributed by atoms with Gasteiger partial charge < -0.3 is 9.73 Å². The highest BCUT2D eigenvalue weighted by atomic mass is 16.3. The minimum atomic E-state index is 0.768. The molecule has 0 amide bonds. The summed E-state index contributed by atoms with van der Waals surface area (Å²) in [6.45, 7) is 2.75. The Morgan fingerprint density at radius 3 is 2.83 bits per heavy atom. The molecule has 2 nitrogen and oxygen atoms in total. The normalized spacial score (nSPS) is 14.3. The molecule has 1 aromatic carbocycles. The van der Waals surface area contributed by atoms with E-state index in [1.54, 1.807) is 0 Å². The van der Waals surface area contributed by atoms with Crippen LogP contribution in [-0.2, 0) is 19.4 Å². The second-order valence-electron chi connectivity index (χ2n) is 5.02. The predicted octanol–water partition coefficient (Wildman–Crippen LogP) is 4.08. The summed E-state index contributed by atoms with van der Waals surface area (Å²) in [5.74, 6) is 1.97. The van der Waals surface area contributed by atoms with Crippen LogP contribution in [0.15, 0.2) is 34.7 Å². The van der Waals surface area contributed by atoms with E-state index in [9.17, 15) is 0 Å². The number of anilines is 1. The summed E-state index contributed by atoms with van der Waals surface area (Å²) in [7, 11) is 0. The fraction of sp³-hybridized carbons (Fsp3) is 0.375. The SMILES string of the molecule is Cc1ccc(CNc2cccc3c2CCCC3)o1. The zero-order valence-corrected chi connectivity index (χ0v) is 10.8. The molecular formula is C16H19NO. The molecule has 1 N–H and O–H groups in total. The van der Waals surface area contributed by atoms with Gasteiger partial charge in [-0.25, -0.2) is 0 Å². The van der Waals surface area contributed by atoms with Gasteiger partial charge in [0.05, 0.1) is 6.54 Å². The van der Waals surface area contributed by atoms with Crippen molar-refractivity contribution in [2.45, 2.75) is 39.2 Å². The number of rotatable bonds is 3. The van der Waals surface area contributed by atoms with Crippen molar-refractivity contribution in [3.63, 3.8) is 0 Å². The molecule has 2 heteroatoms. The lowest BCUT2D eigenvalue weighted by Gasteiger charge is -2.19. The minimum absolute atomic E-state index is 0.768. The van der Waals surface area contributed by atoms with Crippen molar-refractivity contribution in [2.24, 2.45) is 0 Å². The number of furan rings is 1. The van der Waals surface area contributed by atoms with Crippen LogP contribution >= 0.6 is 0 Å². The van der Waals surface area contributed by atoms with Crippen LogP contribution in [0.1, 0.15) is 35.5 Å². The monoisotopic (exact) mass is 241 g/mol. The van der Waals surface area contributed by atoms with Gasteiger partial charge in [0.2, 0.25) is 0 Å². The summed E-state index contributed by atoms with van der Waals surface area (Å²) in [6.07, 6.45) is 5.07. The van der Waals surface area contributed by atoms with Crippen LogP contribution in [0.25, 0.3) is 0 Å².